The molecular formula is C19H39IN4O. The molecule has 1 heterocycles. The molecular weight excluding hydrogens is 427 g/mol. The summed E-state index contributed by atoms with van der Waals surface area (Å²) in [6, 6.07) is 0. The number of nitrogens with zero attached hydrogens (tertiary/aromatic N) is 2. The molecule has 0 aromatic heterocycles. The van der Waals surface area contributed by atoms with Crippen LogP contribution in [0.15, 0.2) is 4.99 Å². The van der Waals surface area contributed by atoms with Crippen molar-refractivity contribution >= 4 is 29.9 Å². The van der Waals surface area contributed by atoms with Crippen molar-refractivity contribution in [2.24, 2.45) is 16.8 Å². The Labute approximate surface area is 171 Å². The second-order valence-electron chi connectivity index (χ2n) is 7.48. The number of aliphatic imine (C=N–C) groups is 1. The summed E-state index contributed by atoms with van der Waals surface area (Å²) in [5, 5.41) is 6.98. The van der Waals surface area contributed by atoms with E-state index in [9.17, 15) is 0 Å². The topological polar surface area (TPSA) is 48.9 Å². The third kappa shape index (κ3) is 8.43. The van der Waals surface area contributed by atoms with Crippen LogP contribution in [0.25, 0.3) is 0 Å². The van der Waals surface area contributed by atoms with E-state index in [0.717, 1.165) is 43.9 Å². The van der Waals surface area contributed by atoms with E-state index in [2.05, 4.69) is 34.5 Å². The lowest BCUT2D eigenvalue weighted by Gasteiger charge is -2.30. The first kappa shape index (κ1) is 23.0. The first-order valence-electron chi connectivity index (χ1n) is 9.97. The molecule has 2 aliphatic rings. The summed E-state index contributed by atoms with van der Waals surface area (Å²) >= 11 is 0. The summed E-state index contributed by atoms with van der Waals surface area (Å²) in [4.78, 5) is 6.80. The van der Waals surface area contributed by atoms with Crippen molar-refractivity contribution in [3.05, 3.63) is 0 Å². The second kappa shape index (κ2) is 13.1. The van der Waals surface area contributed by atoms with Gasteiger partial charge >= 0.3 is 0 Å². The highest BCUT2D eigenvalue weighted by molar-refractivity contribution is 14.0. The Hall–Kier alpha value is -0.0800. The maximum atomic E-state index is 6.00. The predicted molar refractivity (Wildman–Crippen MR) is 117 cm³/mol. The molecule has 6 heteroatoms. The molecule has 2 fully saturated rings. The molecule has 0 aromatic carbocycles. The van der Waals surface area contributed by atoms with Gasteiger partial charge in [0.15, 0.2) is 5.96 Å². The third-order valence-corrected chi connectivity index (χ3v) is 5.53. The maximum Gasteiger partial charge on any atom is 0.190 e. The molecule has 0 radical (unpaired) electrons. The van der Waals surface area contributed by atoms with E-state index in [0.29, 0.717) is 6.10 Å². The van der Waals surface area contributed by atoms with Gasteiger partial charge in [-0.25, -0.2) is 0 Å². The lowest BCUT2D eigenvalue weighted by Crippen LogP contribution is -2.44. The minimum absolute atomic E-state index is 0. The minimum atomic E-state index is 0. The van der Waals surface area contributed by atoms with E-state index in [1.807, 2.05) is 7.05 Å². The highest BCUT2D eigenvalue weighted by atomic mass is 127. The number of rotatable bonds is 8. The van der Waals surface area contributed by atoms with Crippen LogP contribution in [0.4, 0.5) is 0 Å². The summed E-state index contributed by atoms with van der Waals surface area (Å²) in [6.45, 7) is 7.31. The summed E-state index contributed by atoms with van der Waals surface area (Å²) in [5.41, 5.74) is 0. The number of likely N-dealkylation sites (tertiary alicyclic amines) is 1. The average molecular weight is 466 g/mol. The van der Waals surface area contributed by atoms with Crippen LogP contribution in [0.3, 0.4) is 0 Å². The molecule has 1 saturated heterocycles. The summed E-state index contributed by atoms with van der Waals surface area (Å²) in [5.74, 6) is 2.43. The van der Waals surface area contributed by atoms with Crippen LogP contribution in [0.5, 0.6) is 0 Å². The molecule has 0 aromatic rings. The number of guanidine groups is 1. The number of piperidine rings is 1. The Morgan fingerprint density at radius 2 is 1.96 bits per heavy atom. The largest absolute Gasteiger partial charge is 0.378 e. The average Bonchev–Trinajstić information content (AvgIpc) is 3.11. The zero-order valence-corrected chi connectivity index (χ0v) is 18.8. The summed E-state index contributed by atoms with van der Waals surface area (Å²) in [7, 11) is 4.08. The number of halogens is 1. The third-order valence-electron chi connectivity index (χ3n) is 5.53. The van der Waals surface area contributed by atoms with Gasteiger partial charge in [0.05, 0.1) is 6.10 Å². The molecule has 0 spiro atoms. The normalized spacial score (nSPS) is 24.0. The van der Waals surface area contributed by atoms with E-state index < -0.39 is 0 Å². The first-order chi connectivity index (χ1) is 11.7. The van der Waals surface area contributed by atoms with Crippen molar-refractivity contribution in [3.8, 4) is 0 Å². The Kier molecular flexibility index (Phi) is 12.1. The van der Waals surface area contributed by atoms with E-state index in [4.69, 9.17) is 4.74 Å². The van der Waals surface area contributed by atoms with Gasteiger partial charge in [-0.3, -0.25) is 4.99 Å². The minimum Gasteiger partial charge on any atom is -0.378 e. The van der Waals surface area contributed by atoms with Crippen LogP contribution in [-0.2, 0) is 4.74 Å². The SMILES string of the molecule is CCOC(CCNC(=NC)NCC1CCCN(C)C1)C1CCCC1.I. The number of nitrogens with one attached hydrogen (secondary N) is 2. The Bertz CT molecular complexity index is 374. The molecule has 1 aliphatic carbocycles. The van der Waals surface area contributed by atoms with Gasteiger partial charge in [-0.05, 0) is 64.5 Å². The van der Waals surface area contributed by atoms with Crippen molar-refractivity contribution in [3.63, 3.8) is 0 Å². The number of hydrogen-bond donors (Lipinski definition) is 2. The van der Waals surface area contributed by atoms with Crippen LogP contribution in [0.1, 0.15) is 51.9 Å². The second-order valence-corrected chi connectivity index (χ2v) is 7.48. The van der Waals surface area contributed by atoms with E-state index in [1.54, 1.807) is 0 Å². The maximum absolute atomic E-state index is 6.00. The molecule has 2 atom stereocenters. The number of ether oxygens (including phenoxy) is 1. The van der Waals surface area contributed by atoms with Crippen LogP contribution >= 0.6 is 24.0 Å². The lowest BCUT2D eigenvalue weighted by molar-refractivity contribution is 0.0169. The molecule has 25 heavy (non-hydrogen) atoms. The van der Waals surface area contributed by atoms with Gasteiger partial charge in [0, 0.05) is 33.3 Å². The van der Waals surface area contributed by atoms with Gasteiger partial charge in [-0.1, -0.05) is 12.8 Å². The van der Waals surface area contributed by atoms with Gasteiger partial charge in [-0.15, -0.1) is 24.0 Å². The van der Waals surface area contributed by atoms with Crippen molar-refractivity contribution in [1.29, 1.82) is 0 Å². The summed E-state index contributed by atoms with van der Waals surface area (Å²) in [6.07, 6.45) is 9.55. The highest BCUT2D eigenvalue weighted by Crippen LogP contribution is 2.30. The smallest absolute Gasteiger partial charge is 0.190 e. The van der Waals surface area contributed by atoms with E-state index in [1.165, 1.54) is 51.6 Å². The van der Waals surface area contributed by atoms with E-state index in [-0.39, 0.29) is 24.0 Å². The quantitative estimate of drug-likeness (QED) is 0.328. The Balaban J connectivity index is 0.00000312. The zero-order valence-electron chi connectivity index (χ0n) is 16.4. The van der Waals surface area contributed by atoms with Crippen molar-refractivity contribution in [2.75, 3.05) is 46.9 Å². The lowest BCUT2D eigenvalue weighted by atomic mass is 9.98. The van der Waals surface area contributed by atoms with Crippen molar-refractivity contribution in [2.45, 2.75) is 58.0 Å². The molecule has 5 nitrogen and oxygen atoms in total. The molecule has 148 valence electrons. The number of hydrogen-bond acceptors (Lipinski definition) is 3. The van der Waals surface area contributed by atoms with E-state index >= 15 is 0 Å². The van der Waals surface area contributed by atoms with Crippen molar-refractivity contribution < 1.29 is 4.74 Å². The highest BCUT2D eigenvalue weighted by Gasteiger charge is 2.25. The van der Waals surface area contributed by atoms with Crippen LogP contribution in [-0.4, -0.2) is 63.8 Å². The molecule has 2 N–H and O–H groups in total. The molecule has 1 saturated carbocycles. The van der Waals surface area contributed by atoms with Gasteiger partial charge in [-0.2, -0.15) is 0 Å². The van der Waals surface area contributed by atoms with Gasteiger partial charge < -0.3 is 20.3 Å². The predicted octanol–water partition coefficient (Wildman–Crippen LogP) is 3.10. The molecule has 0 bridgehead atoms. The van der Waals surface area contributed by atoms with Crippen LogP contribution < -0.4 is 10.6 Å². The van der Waals surface area contributed by atoms with Crippen LogP contribution in [0, 0.1) is 11.8 Å². The van der Waals surface area contributed by atoms with Crippen molar-refractivity contribution in [1.82, 2.24) is 15.5 Å². The fourth-order valence-electron chi connectivity index (χ4n) is 4.23. The Morgan fingerprint density at radius 3 is 2.60 bits per heavy atom. The zero-order chi connectivity index (χ0) is 17.2. The fourth-order valence-corrected chi connectivity index (χ4v) is 4.23. The molecule has 1 aliphatic heterocycles. The van der Waals surface area contributed by atoms with Gasteiger partial charge in [0.25, 0.3) is 0 Å². The van der Waals surface area contributed by atoms with Crippen LogP contribution in [0.2, 0.25) is 0 Å². The van der Waals surface area contributed by atoms with Gasteiger partial charge in [0.1, 0.15) is 0 Å². The molecule has 2 rings (SSSR count). The monoisotopic (exact) mass is 466 g/mol. The molecule has 0 amide bonds. The Morgan fingerprint density at radius 1 is 1.20 bits per heavy atom. The fraction of sp³-hybridized carbons (Fsp3) is 0.947. The van der Waals surface area contributed by atoms with Gasteiger partial charge in [0.2, 0.25) is 0 Å². The standard InChI is InChI=1S/C19H38N4O.HI/c1-4-24-18(17-9-5-6-10-17)11-12-21-19(20-2)22-14-16-8-7-13-23(3)15-16;/h16-18H,4-15H2,1-3H3,(H2,20,21,22);1H. The molecule has 2 unspecified atom stereocenters. The summed E-state index contributed by atoms with van der Waals surface area (Å²) < 4.78 is 6.00. The first-order valence-corrected chi connectivity index (χ1v) is 9.97.